The second-order valence-electron chi connectivity index (χ2n) is 6.59. The molecule has 0 spiro atoms. The Morgan fingerprint density at radius 2 is 2.12 bits per heavy atom. The van der Waals surface area contributed by atoms with E-state index in [2.05, 4.69) is 31.0 Å². The summed E-state index contributed by atoms with van der Waals surface area (Å²) < 4.78 is 2.05. The highest BCUT2D eigenvalue weighted by molar-refractivity contribution is 7.99. The van der Waals surface area contributed by atoms with E-state index in [1.807, 2.05) is 46.0 Å². The van der Waals surface area contributed by atoms with Crippen molar-refractivity contribution in [2.45, 2.75) is 32.1 Å². The highest BCUT2D eigenvalue weighted by Crippen LogP contribution is 2.32. The molecule has 4 nitrogen and oxygen atoms in total. The van der Waals surface area contributed by atoms with Gasteiger partial charge in [0, 0.05) is 29.9 Å². The summed E-state index contributed by atoms with van der Waals surface area (Å²) in [4.78, 5) is 19.3. The van der Waals surface area contributed by atoms with E-state index in [1.165, 1.54) is 5.56 Å². The third kappa shape index (κ3) is 3.04. The van der Waals surface area contributed by atoms with Gasteiger partial charge in [-0.25, -0.2) is 4.98 Å². The van der Waals surface area contributed by atoms with Crippen LogP contribution in [0, 0.1) is 6.92 Å². The maximum Gasteiger partial charge on any atom is 0.237 e. The van der Waals surface area contributed by atoms with Gasteiger partial charge >= 0.3 is 0 Å². The topological polar surface area (TPSA) is 37.6 Å². The number of hydrogen-bond acceptors (Lipinski definition) is 3. The van der Waals surface area contributed by atoms with Gasteiger partial charge in [-0.1, -0.05) is 24.3 Å². The first-order chi connectivity index (χ1) is 12.1. The lowest BCUT2D eigenvalue weighted by molar-refractivity contribution is -0.116. The predicted molar refractivity (Wildman–Crippen MR) is 103 cm³/mol. The summed E-state index contributed by atoms with van der Waals surface area (Å²) in [6.45, 7) is 4.18. The smallest absolute Gasteiger partial charge is 0.237 e. The van der Waals surface area contributed by atoms with Gasteiger partial charge in [-0.05, 0) is 43.5 Å². The lowest BCUT2D eigenvalue weighted by atomic mass is 10.1. The number of fused-ring (bicyclic) bond motifs is 2. The van der Waals surface area contributed by atoms with Crippen molar-refractivity contribution >= 4 is 29.0 Å². The van der Waals surface area contributed by atoms with Crippen molar-refractivity contribution < 1.29 is 4.79 Å². The number of imidazole rings is 1. The number of benzene rings is 1. The van der Waals surface area contributed by atoms with Gasteiger partial charge in [0.15, 0.2) is 0 Å². The first-order valence-corrected chi connectivity index (χ1v) is 9.70. The summed E-state index contributed by atoms with van der Waals surface area (Å²) in [5.41, 5.74) is 5.51. The number of anilines is 1. The van der Waals surface area contributed by atoms with E-state index in [1.54, 1.807) is 11.8 Å². The molecule has 1 aromatic carbocycles. The standard InChI is InChI=1S/C20H21N3OS/c1-14-6-5-9-22-11-17(21-20(14)22)12-25-13-19(24)23-15(2)10-16-7-3-4-8-18(16)23/h3-9,11,15H,10,12-13H2,1-2H3. The van der Waals surface area contributed by atoms with Crippen LogP contribution in [-0.4, -0.2) is 27.1 Å². The molecule has 25 heavy (non-hydrogen) atoms. The van der Waals surface area contributed by atoms with Gasteiger partial charge in [0.25, 0.3) is 0 Å². The molecule has 1 atom stereocenters. The largest absolute Gasteiger partial charge is 0.308 e. The van der Waals surface area contributed by atoms with E-state index in [0.717, 1.165) is 34.8 Å². The molecule has 0 saturated carbocycles. The summed E-state index contributed by atoms with van der Waals surface area (Å²) in [6, 6.07) is 12.5. The molecular weight excluding hydrogens is 330 g/mol. The number of carbonyl (C=O) groups excluding carboxylic acids is 1. The summed E-state index contributed by atoms with van der Waals surface area (Å²) >= 11 is 1.63. The number of carbonyl (C=O) groups is 1. The van der Waals surface area contributed by atoms with E-state index in [4.69, 9.17) is 0 Å². The van der Waals surface area contributed by atoms with Crippen molar-refractivity contribution in [3.05, 3.63) is 65.6 Å². The zero-order valence-electron chi connectivity index (χ0n) is 14.5. The molecule has 3 heterocycles. The van der Waals surface area contributed by atoms with Gasteiger partial charge in [0.05, 0.1) is 11.4 Å². The summed E-state index contributed by atoms with van der Waals surface area (Å²) in [5, 5.41) is 0. The Kier molecular flexibility index (Phi) is 4.25. The zero-order valence-corrected chi connectivity index (χ0v) is 15.3. The SMILES string of the molecule is Cc1cccn2cc(CSCC(=O)N3c4ccccc4CC3C)nc12. The molecule has 0 saturated heterocycles. The second-order valence-corrected chi connectivity index (χ2v) is 7.58. The number of hydrogen-bond donors (Lipinski definition) is 0. The molecule has 2 aromatic heterocycles. The fourth-order valence-electron chi connectivity index (χ4n) is 3.53. The maximum absolute atomic E-state index is 12.7. The van der Waals surface area contributed by atoms with Gasteiger partial charge < -0.3 is 9.30 Å². The van der Waals surface area contributed by atoms with Crippen molar-refractivity contribution in [1.82, 2.24) is 9.38 Å². The van der Waals surface area contributed by atoms with E-state index < -0.39 is 0 Å². The monoisotopic (exact) mass is 351 g/mol. The Morgan fingerprint density at radius 3 is 2.96 bits per heavy atom. The van der Waals surface area contributed by atoms with E-state index in [9.17, 15) is 4.79 Å². The van der Waals surface area contributed by atoms with Crippen molar-refractivity contribution in [3.8, 4) is 0 Å². The minimum atomic E-state index is 0.183. The quantitative estimate of drug-likeness (QED) is 0.716. The molecular formula is C20H21N3OS. The first kappa shape index (κ1) is 16.2. The number of aryl methyl sites for hydroxylation is 1. The van der Waals surface area contributed by atoms with Gasteiger partial charge in [0.2, 0.25) is 5.91 Å². The number of amides is 1. The Morgan fingerprint density at radius 1 is 1.28 bits per heavy atom. The fourth-order valence-corrected chi connectivity index (χ4v) is 4.30. The van der Waals surface area contributed by atoms with Gasteiger partial charge in [-0.15, -0.1) is 11.8 Å². The Hall–Kier alpha value is -2.27. The summed E-state index contributed by atoms with van der Waals surface area (Å²) in [5.74, 6) is 1.41. The van der Waals surface area contributed by atoms with Crippen LogP contribution in [0.15, 0.2) is 48.8 Å². The molecule has 5 heteroatoms. The molecule has 3 aromatic rings. The van der Waals surface area contributed by atoms with Crippen LogP contribution in [0.2, 0.25) is 0 Å². The van der Waals surface area contributed by atoms with Gasteiger partial charge in [0.1, 0.15) is 5.65 Å². The van der Waals surface area contributed by atoms with E-state index in [-0.39, 0.29) is 11.9 Å². The Labute approximate surface area is 151 Å². The molecule has 0 aliphatic carbocycles. The number of pyridine rings is 1. The molecule has 1 amide bonds. The fraction of sp³-hybridized carbons (Fsp3) is 0.300. The molecule has 0 N–H and O–H groups in total. The van der Waals surface area contributed by atoms with Crippen molar-refractivity contribution in [2.24, 2.45) is 0 Å². The van der Waals surface area contributed by atoms with Crippen molar-refractivity contribution in [1.29, 1.82) is 0 Å². The highest BCUT2D eigenvalue weighted by atomic mass is 32.2. The minimum Gasteiger partial charge on any atom is -0.308 e. The lowest BCUT2D eigenvalue weighted by Gasteiger charge is -2.22. The van der Waals surface area contributed by atoms with E-state index in [0.29, 0.717) is 5.75 Å². The summed E-state index contributed by atoms with van der Waals surface area (Å²) in [6.07, 6.45) is 5.00. The van der Waals surface area contributed by atoms with Gasteiger partial charge in [-0.2, -0.15) is 0 Å². The van der Waals surface area contributed by atoms with Crippen LogP contribution in [0.25, 0.3) is 5.65 Å². The zero-order chi connectivity index (χ0) is 17.4. The number of rotatable bonds is 4. The molecule has 128 valence electrons. The van der Waals surface area contributed by atoms with Crippen LogP contribution in [0.1, 0.15) is 23.7 Å². The molecule has 0 bridgehead atoms. The van der Waals surface area contributed by atoms with Crippen molar-refractivity contribution in [3.63, 3.8) is 0 Å². The third-order valence-corrected chi connectivity index (χ3v) is 5.63. The Bertz CT molecular complexity index is 934. The van der Waals surface area contributed by atoms with Crippen LogP contribution in [0.4, 0.5) is 5.69 Å². The Balaban J connectivity index is 1.41. The molecule has 4 rings (SSSR count). The molecule has 0 radical (unpaired) electrons. The maximum atomic E-state index is 12.7. The molecule has 1 aliphatic rings. The average Bonchev–Trinajstić information content (AvgIpc) is 3.15. The first-order valence-electron chi connectivity index (χ1n) is 8.54. The van der Waals surface area contributed by atoms with Crippen LogP contribution in [0.5, 0.6) is 0 Å². The van der Waals surface area contributed by atoms with E-state index >= 15 is 0 Å². The third-order valence-electron chi connectivity index (χ3n) is 4.68. The number of aromatic nitrogens is 2. The normalized spacial score (nSPS) is 16.4. The van der Waals surface area contributed by atoms with Crippen LogP contribution >= 0.6 is 11.8 Å². The van der Waals surface area contributed by atoms with Crippen LogP contribution < -0.4 is 4.90 Å². The number of thioether (sulfide) groups is 1. The lowest BCUT2D eigenvalue weighted by Crippen LogP contribution is -2.37. The molecule has 1 unspecified atom stereocenters. The van der Waals surface area contributed by atoms with Crippen molar-refractivity contribution in [2.75, 3.05) is 10.7 Å². The summed E-state index contributed by atoms with van der Waals surface area (Å²) in [7, 11) is 0. The predicted octanol–water partition coefficient (Wildman–Crippen LogP) is 3.85. The highest BCUT2D eigenvalue weighted by Gasteiger charge is 2.30. The molecule has 1 aliphatic heterocycles. The van der Waals surface area contributed by atoms with Crippen LogP contribution in [0.3, 0.4) is 0 Å². The number of nitrogens with zero attached hydrogens (tertiary/aromatic N) is 3. The number of para-hydroxylation sites is 1. The second kappa shape index (κ2) is 6.56. The van der Waals surface area contributed by atoms with Crippen LogP contribution in [-0.2, 0) is 17.0 Å². The molecule has 0 fully saturated rings. The average molecular weight is 351 g/mol. The van der Waals surface area contributed by atoms with Gasteiger partial charge in [-0.3, -0.25) is 4.79 Å². The minimum absolute atomic E-state index is 0.183.